The second kappa shape index (κ2) is 5.41. The number of ether oxygens (including phenoxy) is 1. The van der Waals surface area contributed by atoms with Gasteiger partial charge in [-0.05, 0) is 24.7 Å². The summed E-state index contributed by atoms with van der Waals surface area (Å²) in [5.41, 5.74) is 5.84. The highest BCUT2D eigenvalue weighted by atomic mass is 32.2. The van der Waals surface area contributed by atoms with Gasteiger partial charge >= 0.3 is 5.97 Å². The standard InChI is InChI=1S/C12H23NO2S/c1-8(2)5-6-15-11(14)12(7-9(3)4)10(13)16-12/h8-10H,5-7,13H2,1-4H3. The summed E-state index contributed by atoms with van der Waals surface area (Å²) in [6.45, 7) is 8.97. The number of esters is 1. The molecular weight excluding hydrogens is 222 g/mol. The van der Waals surface area contributed by atoms with E-state index in [4.69, 9.17) is 10.5 Å². The summed E-state index contributed by atoms with van der Waals surface area (Å²) in [6.07, 6.45) is 1.74. The number of hydrogen-bond acceptors (Lipinski definition) is 4. The third kappa shape index (κ3) is 3.39. The molecule has 2 N–H and O–H groups in total. The van der Waals surface area contributed by atoms with Crippen molar-refractivity contribution in [3.63, 3.8) is 0 Å². The van der Waals surface area contributed by atoms with E-state index < -0.39 is 4.75 Å². The monoisotopic (exact) mass is 245 g/mol. The fraction of sp³-hybridized carbons (Fsp3) is 0.917. The summed E-state index contributed by atoms with van der Waals surface area (Å²) >= 11 is 1.54. The summed E-state index contributed by atoms with van der Waals surface area (Å²) in [5, 5.41) is -0.0681. The SMILES string of the molecule is CC(C)CCOC(=O)C1(CC(C)C)SC1N. The molecule has 1 heterocycles. The number of carbonyl (C=O) groups is 1. The average Bonchev–Trinajstić information content (AvgIpc) is 2.75. The first-order chi connectivity index (χ1) is 7.38. The van der Waals surface area contributed by atoms with E-state index in [0.717, 1.165) is 12.8 Å². The minimum atomic E-state index is -0.439. The van der Waals surface area contributed by atoms with Gasteiger partial charge in [-0.25, -0.2) is 0 Å². The smallest absolute Gasteiger partial charge is 0.324 e. The van der Waals surface area contributed by atoms with Gasteiger partial charge in [-0.2, -0.15) is 0 Å². The van der Waals surface area contributed by atoms with E-state index in [1.165, 1.54) is 11.8 Å². The third-order valence-corrected chi connectivity index (χ3v) is 4.14. The van der Waals surface area contributed by atoms with Crippen molar-refractivity contribution in [3.05, 3.63) is 0 Å². The topological polar surface area (TPSA) is 52.3 Å². The molecule has 2 atom stereocenters. The van der Waals surface area contributed by atoms with Crippen molar-refractivity contribution in [1.82, 2.24) is 0 Å². The molecule has 0 aliphatic carbocycles. The summed E-state index contributed by atoms with van der Waals surface area (Å²) in [6, 6.07) is 0. The molecule has 1 aliphatic heterocycles. The molecule has 4 heteroatoms. The Hall–Kier alpha value is -0.220. The van der Waals surface area contributed by atoms with Crippen LogP contribution in [0.25, 0.3) is 0 Å². The summed E-state index contributed by atoms with van der Waals surface area (Å²) in [7, 11) is 0. The molecule has 3 nitrogen and oxygen atoms in total. The predicted molar refractivity (Wildman–Crippen MR) is 68.2 cm³/mol. The van der Waals surface area contributed by atoms with E-state index in [0.29, 0.717) is 18.4 Å². The van der Waals surface area contributed by atoms with Gasteiger partial charge in [-0.1, -0.05) is 27.7 Å². The van der Waals surface area contributed by atoms with Crippen LogP contribution in [0.3, 0.4) is 0 Å². The number of thioether (sulfide) groups is 1. The fourth-order valence-electron chi connectivity index (χ4n) is 1.72. The molecule has 0 amide bonds. The van der Waals surface area contributed by atoms with Crippen LogP contribution in [0.15, 0.2) is 0 Å². The molecule has 0 aromatic heterocycles. The summed E-state index contributed by atoms with van der Waals surface area (Å²) < 4.78 is 4.87. The lowest BCUT2D eigenvalue weighted by atomic mass is 9.97. The van der Waals surface area contributed by atoms with Gasteiger partial charge in [0, 0.05) is 0 Å². The van der Waals surface area contributed by atoms with Crippen LogP contribution in [0.2, 0.25) is 0 Å². The molecular formula is C12H23NO2S. The normalized spacial score (nSPS) is 28.6. The van der Waals surface area contributed by atoms with Gasteiger partial charge in [0.25, 0.3) is 0 Å². The number of carbonyl (C=O) groups excluding carboxylic acids is 1. The van der Waals surface area contributed by atoms with Crippen molar-refractivity contribution in [3.8, 4) is 0 Å². The van der Waals surface area contributed by atoms with E-state index in [1.807, 2.05) is 0 Å². The minimum Gasteiger partial charge on any atom is -0.465 e. The maximum absolute atomic E-state index is 11.9. The van der Waals surface area contributed by atoms with Gasteiger partial charge in [0.2, 0.25) is 0 Å². The quantitative estimate of drug-likeness (QED) is 0.576. The first-order valence-electron chi connectivity index (χ1n) is 5.99. The lowest BCUT2D eigenvalue weighted by Gasteiger charge is -2.16. The number of hydrogen-bond donors (Lipinski definition) is 1. The molecule has 0 aromatic carbocycles. The zero-order chi connectivity index (χ0) is 12.3. The number of nitrogens with two attached hydrogens (primary N) is 1. The molecule has 0 aromatic rings. The Kier molecular flexibility index (Phi) is 4.68. The van der Waals surface area contributed by atoms with Crippen molar-refractivity contribution in [1.29, 1.82) is 0 Å². The zero-order valence-electron chi connectivity index (χ0n) is 10.7. The molecule has 0 radical (unpaired) electrons. The Labute approximate surface area is 102 Å². The average molecular weight is 245 g/mol. The van der Waals surface area contributed by atoms with E-state index in [2.05, 4.69) is 27.7 Å². The third-order valence-electron chi connectivity index (χ3n) is 2.73. The highest BCUT2D eigenvalue weighted by Gasteiger charge is 2.60. The van der Waals surface area contributed by atoms with Crippen LogP contribution in [0.4, 0.5) is 0 Å². The molecule has 0 saturated carbocycles. The first-order valence-corrected chi connectivity index (χ1v) is 6.87. The highest BCUT2D eigenvalue weighted by Crippen LogP contribution is 2.55. The van der Waals surface area contributed by atoms with E-state index in [9.17, 15) is 4.79 Å². The maximum Gasteiger partial charge on any atom is 0.324 e. The summed E-state index contributed by atoms with van der Waals surface area (Å²) in [4.78, 5) is 11.9. The second-order valence-electron chi connectivity index (χ2n) is 5.34. The van der Waals surface area contributed by atoms with Crippen molar-refractivity contribution in [2.45, 2.75) is 50.7 Å². The molecule has 1 fully saturated rings. The number of rotatable bonds is 6. The predicted octanol–water partition coefficient (Wildman–Crippen LogP) is 2.39. The van der Waals surface area contributed by atoms with Gasteiger partial charge in [0.05, 0.1) is 12.0 Å². The Morgan fingerprint density at radius 1 is 1.38 bits per heavy atom. The Morgan fingerprint density at radius 3 is 2.31 bits per heavy atom. The van der Waals surface area contributed by atoms with Crippen molar-refractivity contribution < 1.29 is 9.53 Å². The Bertz CT molecular complexity index is 255. The van der Waals surface area contributed by atoms with Crippen LogP contribution < -0.4 is 5.73 Å². The molecule has 2 unspecified atom stereocenters. The van der Waals surface area contributed by atoms with Crippen molar-refractivity contribution in [2.24, 2.45) is 17.6 Å². The van der Waals surface area contributed by atoms with Crippen molar-refractivity contribution in [2.75, 3.05) is 6.61 Å². The molecule has 16 heavy (non-hydrogen) atoms. The van der Waals surface area contributed by atoms with E-state index >= 15 is 0 Å². The Balaban J connectivity index is 2.39. The van der Waals surface area contributed by atoms with Gasteiger partial charge in [0.1, 0.15) is 4.75 Å². The van der Waals surface area contributed by atoms with E-state index in [1.54, 1.807) is 0 Å². The maximum atomic E-state index is 11.9. The van der Waals surface area contributed by atoms with Gasteiger partial charge in [-0.3, -0.25) is 4.79 Å². The highest BCUT2D eigenvalue weighted by molar-refractivity contribution is 8.09. The van der Waals surface area contributed by atoms with Crippen LogP contribution >= 0.6 is 11.8 Å². The largest absolute Gasteiger partial charge is 0.465 e. The lowest BCUT2D eigenvalue weighted by molar-refractivity contribution is -0.146. The van der Waals surface area contributed by atoms with E-state index in [-0.39, 0.29) is 11.3 Å². The molecule has 1 rings (SSSR count). The van der Waals surface area contributed by atoms with Crippen LogP contribution in [0, 0.1) is 11.8 Å². The van der Waals surface area contributed by atoms with Crippen LogP contribution in [-0.2, 0) is 9.53 Å². The fourth-order valence-corrected chi connectivity index (χ4v) is 2.88. The first kappa shape index (κ1) is 13.8. The lowest BCUT2D eigenvalue weighted by Crippen LogP contribution is -2.33. The van der Waals surface area contributed by atoms with Gasteiger partial charge < -0.3 is 10.5 Å². The van der Waals surface area contributed by atoms with Crippen LogP contribution in [-0.4, -0.2) is 22.7 Å². The molecule has 1 saturated heterocycles. The molecule has 94 valence electrons. The molecule has 0 spiro atoms. The van der Waals surface area contributed by atoms with Gasteiger partial charge in [0.15, 0.2) is 0 Å². The van der Waals surface area contributed by atoms with Crippen LogP contribution in [0.5, 0.6) is 0 Å². The van der Waals surface area contributed by atoms with Crippen molar-refractivity contribution >= 4 is 17.7 Å². The summed E-state index contributed by atoms with van der Waals surface area (Å²) in [5.74, 6) is 0.924. The van der Waals surface area contributed by atoms with Gasteiger partial charge in [-0.15, -0.1) is 11.8 Å². The second-order valence-corrected chi connectivity index (χ2v) is 6.82. The zero-order valence-corrected chi connectivity index (χ0v) is 11.5. The van der Waals surface area contributed by atoms with Crippen LogP contribution in [0.1, 0.15) is 40.5 Å². The Morgan fingerprint density at radius 2 is 1.94 bits per heavy atom. The molecule has 0 bridgehead atoms. The minimum absolute atomic E-state index is 0.0681. The molecule has 1 aliphatic rings.